The molecule has 0 aliphatic rings. The third-order valence-electron chi connectivity index (χ3n) is 2.80. The molecule has 0 atom stereocenters. The van der Waals surface area contributed by atoms with Gasteiger partial charge in [0.1, 0.15) is 11.6 Å². The van der Waals surface area contributed by atoms with Crippen LogP contribution in [-0.2, 0) is 7.05 Å². The van der Waals surface area contributed by atoms with Gasteiger partial charge >= 0.3 is 0 Å². The number of benzene rings is 1. The van der Waals surface area contributed by atoms with Crippen molar-refractivity contribution in [1.82, 2.24) is 9.78 Å². The fourth-order valence-corrected chi connectivity index (χ4v) is 2.03. The van der Waals surface area contributed by atoms with E-state index in [1.807, 2.05) is 0 Å². The highest BCUT2D eigenvalue weighted by atomic mass is 35.5. The van der Waals surface area contributed by atoms with Crippen molar-refractivity contribution in [2.45, 2.75) is 0 Å². The van der Waals surface area contributed by atoms with Gasteiger partial charge in [0.15, 0.2) is 0 Å². The molecule has 1 aromatic heterocycles. The Morgan fingerprint density at radius 1 is 1.45 bits per heavy atom. The summed E-state index contributed by atoms with van der Waals surface area (Å²) in [7, 11) is 3.03. The summed E-state index contributed by atoms with van der Waals surface area (Å²) in [6.45, 7) is 0. The van der Waals surface area contributed by atoms with Crippen LogP contribution in [0.3, 0.4) is 0 Å². The first kappa shape index (κ1) is 14.1. The maximum Gasteiger partial charge on any atom is 0.277 e. The van der Waals surface area contributed by atoms with E-state index in [9.17, 15) is 4.79 Å². The standard InChI is InChI=1S/C13H13ClN4O2/c1-18-13(19)8(12(15)16)6-10(17-18)7-3-4-11(20-2)9(14)5-7/h3-6H,1-2H3,(H3,15,16). The topological polar surface area (TPSA) is 94.0 Å². The lowest BCUT2D eigenvalue weighted by Gasteiger charge is -2.08. The number of hydrogen-bond acceptors (Lipinski definition) is 4. The summed E-state index contributed by atoms with van der Waals surface area (Å²) in [6, 6.07) is 6.62. The van der Waals surface area contributed by atoms with Crippen LogP contribution in [0.5, 0.6) is 5.75 Å². The summed E-state index contributed by atoms with van der Waals surface area (Å²) in [5.74, 6) is 0.251. The van der Waals surface area contributed by atoms with E-state index in [2.05, 4.69) is 5.10 Å². The van der Waals surface area contributed by atoms with Crippen LogP contribution < -0.4 is 16.0 Å². The molecule has 0 unspecified atom stereocenters. The first-order chi connectivity index (χ1) is 9.43. The number of hydrogen-bond donors (Lipinski definition) is 2. The molecule has 0 saturated carbocycles. The van der Waals surface area contributed by atoms with Crippen LogP contribution in [-0.4, -0.2) is 22.7 Å². The molecule has 0 fully saturated rings. The normalized spacial score (nSPS) is 10.3. The largest absolute Gasteiger partial charge is 0.495 e. The zero-order valence-corrected chi connectivity index (χ0v) is 11.7. The SMILES string of the molecule is COc1ccc(-c2cc(C(=N)N)c(=O)n(C)n2)cc1Cl. The van der Waals surface area contributed by atoms with Crippen LogP contribution in [0.4, 0.5) is 0 Å². The average Bonchev–Trinajstić information content (AvgIpc) is 2.41. The maximum absolute atomic E-state index is 11.8. The number of nitrogen functional groups attached to an aromatic ring is 1. The second-order valence-corrected chi connectivity index (χ2v) is 4.54. The minimum absolute atomic E-state index is 0.101. The molecule has 104 valence electrons. The fraction of sp³-hybridized carbons (Fsp3) is 0.154. The summed E-state index contributed by atoms with van der Waals surface area (Å²) in [5.41, 5.74) is 6.29. The van der Waals surface area contributed by atoms with Gasteiger partial charge in [-0.1, -0.05) is 11.6 Å². The highest BCUT2D eigenvalue weighted by Crippen LogP contribution is 2.29. The molecule has 0 saturated heterocycles. The number of nitrogens with one attached hydrogen (secondary N) is 1. The summed E-state index contributed by atoms with van der Waals surface area (Å²) in [5, 5.41) is 12.0. The Hall–Kier alpha value is -2.34. The Labute approximate surface area is 120 Å². The average molecular weight is 293 g/mol. The Bertz CT molecular complexity index is 740. The summed E-state index contributed by atoms with van der Waals surface area (Å²) >= 11 is 6.06. The molecule has 2 aromatic rings. The van der Waals surface area contributed by atoms with Crippen molar-refractivity contribution in [2.75, 3.05) is 7.11 Å². The van der Waals surface area contributed by atoms with Gasteiger partial charge in [0.05, 0.1) is 23.4 Å². The summed E-state index contributed by atoms with van der Waals surface area (Å²) in [6.07, 6.45) is 0. The van der Waals surface area contributed by atoms with Crippen molar-refractivity contribution in [3.8, 4) is 17.0 Å². The van der Waals surface area contributed by atoms with E-state index >= 15 is 0 Å². The van der Waals surface area contributed by atoms with Gasteiger partial charge in [-0.05, 0) is 24.3 Å². The van der Waals surface area contributed by atoms with Crippen LogP contribution in [0, 0.1) is 5.41 Å². The molecule has 3 N–H and O–H groups in total. The first-order valence-corrected chi connectivity index (χ1v) is 6.08. The Morgan fingerprint density at radius 2 is 2.15 bits per heavy atom. The van der Waals surface area contributed by atoms with Crippen LogP contribution in [0.2, 0.25) is 5.02 Å². The van der Waals surface area contributed by atoms with Gasteiger partial charge in [0.25, 0.3) is 5.56 Å². The number of methoxy groups -OCH3 is 1. The summed E-state index contributed by atoms with van der Waals surface area (Å²) < 4.78 is 6.22. The van der Waals surface area contributed by atoms with Crippen molar-refractivity contribution in [1.29, 1.82) is 5.41 Å². The molecular weight excluding hydrogens is 280 g/mol. The van der Waals surface area contributed by atoms with Crippen LogP contribution in [0.1, 0.15) is 5.56 Å². The van der Waals surface area contributed by atoms with E-state index in [-0.39, 0.29) is 11.4 Å². The lowest BCUT2D eigenvalue weighted by molar-refractivity contribution is 0.415. The molecule has 0 spiro atoms. The van der Waals surface area contributed by atoms with Gasteiger partial charge in [-0.2, -0.15) is 5.10 Å². The summed E-state index contributed by atoms with van der Waals surface area (Å²) in [4.78, 5) is 11.8. The van der Waals surface area contributed by atoms with Crippen molar-refractivity contribution < 1.29 is 4.74 Å². The fourth-order valence-electron chi connectivity index (χ4n) is 1.77. The zero-order chi connectivity index (χ0) is 14.9. The van der Waals surface area contributed by atoms with E-state index < -0.39 is 5.56 Å². The van der Waals surface area contributed by atoms with Gasteiger partial charge in [-0.15, -0.1) is 0 Å². The van der Waals surface area contributed by atoms with Crippen LogP contribution >= 0.6 is 11.6 Å². The van der Waals surface area contributed by atoms with E-state index in [0.29, 0.717) is 22.0 Å². The number of nitrogens with two attached hydrogens (primary N) is 1. The Morgan fingerprint density at radius 3 is 2.70 bits per heavy atom. The second kappa shape index (κ2) is 5.34. The smallest absolute Gasteiger partial charge is 0.277 e. The van der Waals surface area contributed by atoms with Gasteiger partial charge in [-0.25, -0.2) is 4.68 Å². The van der Waals surface area contributed by atoms with Crippen LogP contribution in [0.25, 0.3) is 11.3 Å². The highest BCUT2D eigenvalue weighted by molar-refractivity contribution is 6.32. The van der Waals surface area contributed by atoms with E-state index in [1.54, 1.807) is 18.2 Å². The predicted octanol–water partition coefficient (Wildman–Crippen LogP) is 1.39. The van der Waals surface area contributed by atoms with Gasteiger partial charge in [0.2, 0.25) is 0 Å². The monoisotopic (exact) mass is 292 g/mol. The molecule has 20 heavy (non-hydrogen) atoms. The van der Waals surface area contributed by atoms with Crippen molar-refractivity contribution in [3.05, 3.63) is 45.2 Å². The number of ether oxygens (including phenoxy) is 1. The molecule has 0 radical (unpaired) electrons. The molecule has 2 rings (SSSR count). The highest BCUT2D eigenvalue weighted by Gasteiger charge is 2.11. The molecular formula is C13H13ClN4O2. The Kier molecular flexibility index (Phi) is 3.76. The molecule has 6 nitrogen and oxygen atoms in total. The van der Waals surface area contributed by atoms with Gasteiger partial charge in [-0.3, -0.25) is 10.2 Å². The number of aromatic nitrogens is 2. The lowest BCUT2D eigenvalue weighted by Crippen LogP contribution is -2.29. The van der Waals surface area contributed by atoms with Crippen molar-refractivity contribution >= 4 is 17.4 Å². The maximum atomic E-state index is 11.8. The number of nitrogens with zero attached hydrogens (tertiary/aromatic N) is 2. The molecule has 1 heterocycles. The molecule has 0 bridgehead atoms. The zero-order valence-electron chi connectivity index (χ0n) is 11.0. The molecule has 0 aliphatic heterocycles. The third-order valence-corrected chi connectivity index (χ3v) is 3.10. The number of rotatable bonds is 3. The predicted molar refractivity (Wildman–Crippen MR) is 77.5 cm³/mol. The molecule has 7 heteroatoms. The van der Waals surface area contributed by atoms with Gasteiger partial charge in [0, 0.05) is 12.6 Å². The van der Waals surface area contributed by atoms with E-state index in [0.717, 1.165) is 4.68 Å². The first-order valence-electron chi connectivity index (χ1n) is 5.70. The van der Waals surface area contributed by atoms with E-state index in [1.165, 1.54) is 20.2 Å². The Balaban J connectivity index is 2.61. The molecule has 0 aliphatic carbocycles. The minimum Gasteiger partial charge on any atom is -0.495 e. The second-order valence-electron chi connectivity index (χ2n) is 4.14. The number of aryl methyl sites for hydroxylation is 1. The molecule has 1 aromatic carbocycles. The van der Waals surface area contributed by atoms with Crippen molar-refractivity contribution in [2.24, 2.45) is 12.8 Å². The van der Waals surface area contributed by atoms with E-state index in [4.69, 9.17) is 27.5 Å². The third kappa shape index (κ3) is 2.50. The quantitative estimate of drug-likeness (QED) is 0.660. The minimum atomic E-state index is -0.416. The van der Waals surface area contributed by atoms with Gasteiger partial charge < -0.3 is 10.5 Å². The number of amidine groups is 1. The number of halogens is 1. The molecule has 0 amide bonds. The van der Waals surface area contributed by atoms with Crippen molar-refractivity contribution in [3.63, 3.8) is 0 Å². The van der Waals surface area contributed by atoms with Crippen LogP contribution in [0.15, 0.2) is 29.1 Å². The lowest BCUT2D eigenvalue weighted by atomic mass is 10.1.